The predicted octanol–water partition coefficient (Wildman–Crippen LogP) is 1.39. The molecule has 0 bridgehead atoms. The van der Waals surface area contributed by atoms with E-state index < -0.39 is 17.8 Å². The van der Waals surface area contributed by atoms with Crippen LogP contribution in [0.25, 0.3) is 0 Å². The first-order chi connectivity index (χ1) is 10.9. The minimum Gasteiger partial charge on any atom is -0.465 e. The number of nitrogens with one attached hydrogen (secondary N) is 2. The molecule has 0 radical (unpaired) electrons. The number of nitrogens with zero attached hydrogens (tertiary/aromatic N) is 1. The third-order valence-electron chi connectivity index (χ3n) is 3.10. The number of rotatable bonds is 4. The lowest BCUT2D eigenvalue weighted by Gasteiger charge is -2.06. The standard InChI is InChI=1S/C14H15N3O5S/c1-7-9(8(2)22-17-7)6-15-12(18)13(19)16-10-4-5-23-11(10)14(20)21-3/h4-5H,6H2,1-3H3,(H,15,18)(H,16,19). The highest BCUT2D eigenvalue weighted by Gasteiger charge is 2.20. The maximum absolute atomic E-state index is 11.9. The molecule has 2 N–H and O–H groups in total. The van der Waals surface area contributed by atoms with Crippen molar-refractivity contribution < 1.29 is 23.6 Å². The molecule has 23 heavy (non-hydrogen) atoms. The van der Waals surface area contributed by atoms with Gasteiger partial charge in [0.15, 0.2) is 0 Å². The largest absolute Gasteiger partial charge is 0.465 e. The normalized spacial score (nSPS) is 10.2. The third-order valence-corrected chi connectivity index (χ3v) is 3.99. The Kier molecular flexibility index (Phi) is 5.12. The first kappa shape index (κ1) is 16.7. The Morgan fingerprint density at radius 3 is 2.65 bits per heavy atom. The molecule has 2 amide bonds. The Morgan fingerprint density at radius 1 is 1.30 bits per heavy atom. The molecule has 0 fully saturated rings. The van der Waals surface area contributed by atoms with E-state index in [1.807, 2.05) is 0 Å². The average molecular weight is 337 g/mol. The predicted molar refractivity (Wildman–Crippen MR) is 82.1 cm³/mol. The first-order valence-corrected chi connectivity index (χ1v) is 7.48. The SMILES string of the molecule is COC(=O)c1sccc1NC(=O)C(=O)NCc1c(C)noc1C. The molecule has 2 aromatic rings. The molecular weight excluding hydrogens is 322 g/mol. The molecule has 9 heteroatoms. The van der Waals surface area contributed by atoms with E-state index in [9.17, 15) is 14.4 Å². The van der Waals surface area contributed by atoms with Crippen LogP contribution in [0.4, 0.5) is 5.69 Å². The fourth-order valence-electron chi connectivity index (χ4n) is 1.84. The molecule has 0 aliphatic heterocycles. The van der Waals surface area contributed by atoms with Crippen LogP contribution in [0.3, 0.4) is 0 Å². The highest BCUT2D eigenvalue weighted by Crippen LogP contribution is 2.23. The number of hydrogen-bond donors (Lipinski definition) is 2. The minimum absolute atomic E-state index is 0.126. The number of ether oxygens (including phenoxy) is 1. The molecule has 2 heterocycles. The lowest BCUT2D eigenvalue weighted by Crippen LogP contribution is -2.35. The maximum atomic E-state index is 11.9. The van der Waals surface area contributed by atoms with Crippen LogP contribution in [0.5, 0.6) is 0 Å². The van der Waals surface area contributed by atoms with Gasteiger partial charge in [0.25, 0.3) is 0 Å². The van der Waals surface area contributed by atoms with Crippen molar-refractivity contribution in [2.75, 3.05) is 12.4 Å². The van der Waals surface area contributed by atoms with Crippen LogP contribution in [-0.2, 0) is 20.9 Å². The number of thiophene rings is 1. The summed E-state index contributed by atoms with van der Waals surface area (Å²) >= 11 is 1.11. The number of hydrogen-bond acceptors (Lipinski definition) is 7. The lowest BCUT2D eigenvalue weighted by molar-refractivity contribution is -0.136. The topological polar surface area (TPSA) is 111 Å². The van der Waals surface area contributed by atoms with Crippen molar-refractivity contribution in [1.29, 1.82) is 0 Å². The summed E-state index contributed by atoms with van der Waals surface area (Å²) in [5.74, 6) is -1.70. The van der Waals surface area contributed by atoms with Gasteiger partial charge in [0.05, 0.1) is 18.5 Å². The summed E-state index contributed by atoms with van der Waals surface area (Å²) in [6, 6.07) is 1.52. The van der Waals surface area contributed by atoms with Gasteiger partial charge < -0.3 is 19.9 Å². The van der Waals surface area contributed by atoms with Gasteiger partial charge in [-0.1, -0.05) is 5.16 Å². The van der Waals surface area contributed by atoms with Gasteiger partial charge in [-0.15, -0.1) is 11.3 Å². The van der Waals surface area contributed by atoms with E-state index in [1.165, 1.54) is 13.2 Å². The number of carbonyl (C=O) groups is 3. The van der Waals surface area contributed by atoms with Crippen LogP contribution < -0.4 is 10.6 Å². The van der Waals surface area contributed by atoms with Gasteiger partial charge >= 0.3 is 17.8 Å². The quantitative estimate of drug-likeness (QED) is 0.644. The fourth-order valence-corrected chi connectivity index (χ4v) is 2.61. The van der Waals surface area contributed by atoms with Crippen LogP contribution >= 0.6 is 11.3 Å². The van der Waals surface area contributed by atoms with E-state index >= 15 is 0 Å². The van der Waals surface area contributed by atoms with Crippen molar-refractivity contribution in [1.82, 2.24) is 10.5 Å². The summed E-state index contributed by atoms with van der Waals surface area (Å²) < 4.78 is 9.58. The van der Waals surface area contributed by atoms with Crippen molar-refractivity contribution in [2.24, 2.45) is 0 Å². The van der Waals surface area contributed by atoms with Gasteiger partial charge in [-0.25, -0.2) is 4.79 Å². The minimum atomic E-state index is -0.875. The number of methoxy groups -OCH3 is 1. The molecule has 8 nitrogen and oxygen atoms in total. The second kappa shape index (κ2) is 7.05. The summed E-state index contributed by atoms with van der Waals surface area (Å²) in [7, 11) is 1.24. The maximum Gasteiger partial charge on any atom is 0.350 e. The Bertz CT molecular complexity index is 730. The summed E-state index contributed by atoms with van der Waals surface area (Å²) in [6.07, 6.45) is 0. The molecule has 122 valence electrons. The Hall–Kier alpha value is -2.68. The van der Waals surface area contributed by atoms with Gasteiger partial charge in [-0.3, -0.25) is 9.59 Å². The van der Waals surface area contributed by atoms with Gasteiger partial charge in [0.2, 0.25) is 0 Å². The number of carbonyl (C=O) groups excluding carboxylic acids is 3. The monoisotopic (exact) mass is 337 g/mol. The number of amides is 2. The highest BCUT2D eigenvalue weighted by molar-refractivity contribution is 7.12. The Labute approximate surface area is 135 Å². The molecule has 0 aliphatic carbocycles. The Morgan fingerprint density at radius 2 is 2.04 bits per heavy atom. The molecular formula is C14H15N3O5S. The summed E-state index contributed by atoms with van der Waals surface area (Å²) in [6.45, 7) is 3.59. The number of aryl methyl sites for hydroxylation is 2. The van der Waals surface area contributed by atoms with E-state index in [2.05, 4.69) is 20.5 Å². The second-order valence-corrected chi connectivity index (χ2v) is 5.51. The molecule has 0 saturated carbocycles. The zero-order valence-electron chi connectivity index (χ0n) is 12.8. The van der Waals surface area contributed by atoms with Crippen LogP contribution in [0.15, 0.2) is 16.0 Å². The van der Waals surface area contributed by atoms with Crippen molar-refractivity contribution in [3.05, 3.63) is 33.3 Å². The number of esters is 1. The van der Waals surface area contributed by atoms with E-state index in [-0.39, 0.29) is 17.1 Å². The lowest BCUT2D eigenvalue weighted by atomic mass is 10.2. The van der Waals surface area contributed by atoms with Crippen molar-refractivity contribution in [3.8, 4) is 0 Å². The molecule has 0 aromatic carbocycles. The van der Waals surface area contributed by atoms with Gasteiger partial charge in [-0.05, 0) is 25.3 Å². The molecule has 0 aliphatic rings. The summed E-state index contributed by atoms with van der Waals surface area (Å²) in [5, 5.41) is 10.2. The van der Waals surface area contributed by atoms with E-state index in [4.69, 9.17) is 4.52 Å². The molecule has 0 saturated heterocycles. The van der Waals surface area contributed by atoms with E-state index in [0.717, 1.165) is 16.9 Å². The molecule has 0 unspecified atom stereocenters. The van der Waals surface area contributed by atoms with Crippen LogP contribution in [0.1, 0.15) is 26.7 Å². The van der Waals surface area contributed by atoms with E-state index in [1.54, 1.807) is 19.2 Å². The zero-order valence-corrected chi connectivity index (χ0v) is 13.6. The van der Waals surface area contributed by atoms with Crippen molar-refractivity contribution in [3.63, 3.8) is 0 Å². The molecule has 2 rings (SSSR count). The zero-order chi connectivity index (χ0) is 17.0. The third kappa shape index (κ3) is 3.75. The number of anilines is 1. The smallest absolute Gasteiger partial charge is 0.350 e. The Balaban J connectivity index is 1.97. The van der Waals surface area contributed by atoms with Crippen LogP contribution in [-0.4, -0.2) is 30.1 Å². The molecule has 0 spiro atoms. The van der Waals surface area contributed by atoms with Crippen molar-refractivity contribution >= 4 is 34.8 Å². The molecule has 2 aromatic heterocycles. The van der Waals surface area contributed by atoms with Crippen molar-refractivity contribution in [2.45, 2.75) is 20.4 Å². The van der Waals surface area contributed by atoms with Gasteiger partial charge in [-0.2, -0.15) is 0 Å². The summed E-state index contributed by atoms with van der Waals surface area (Å²) in [4.78, 5) is 35.5. The fraction of sp³-hybridized carbons (Fsp3) is 0.286. The number of aromatic nitrogens is 1. The van der Waals surface area contributed by atoms with E-state index in [0.29, 0.717) is 11.5 Å². The molecule has 0 atom stereocenters. The highest BCUT2D eigenvalue weighted by atomic mass is 32.1. The average Bonchev–Trinajstić information content (AvgIpc) is 3.11. The van der Waals surface area contributed by atoms with Gasteiger partial charge in [0, 0.05) is 12.1 Å². The van der Waals surface area contributed by atoms with Gasteiger partial charge in [0.1, 0.15) is 10.6 Å². The second-order valence-electron chi connectivity index (χ2n) is 4.59. The first-order valence-electron chi connectivity index (χ1n) is 6.60. The van der Waals surface area contributed by atoms with Crippen LogP contribution in [0.2, 0.25) is 0 Å². The van der Waals surface area contributed by atoms with Crippen LogP contribution in [0, 0.1) is 13.8 Å². The summed E-state index contributed by atoms with van der Waals surface area (Å²) in [5.41, 5.74) is 1.60.